The Kier molecular flexibility index (Phi) is 4.37. The summed E-state index contributed by atoms with van der Waals surface area (Å²) in [5.74, 6) is 1.29. The van der Waals surface area contributed by atoms with Crippen LogP contribution < -0.4 is 5.32 Å². The number of rotatable bonds is 3. The Morgan fingerprint density at radius 1 is 1.56 bits per heavy atom. The van der Waals surface area contributed by atoms with Crippen LogP contribution in [0.3, 0.4) is 0 Å². The predicted octanol–water partition coefficient (Wildman–Crippen LogP) is 2.73. The molecule has 0 amide bonds. The number of nitrogens with one attached hydrogen (secondary N) is 1. The molecule has 1 unspecified atom stereocenters. The van der Waals surface area contributed by atoms with Gasteiger partial charge in [0.05, 0.1) is 11.1 Å². The Labute approximate surface area is 108 Å². The number of ether oxygens (including phenoxy) is 1. The van der Waals surface area contributed by atoms with E-state index in [4.69, 9.17) is 16.3 Å². The highest BCUT2D eigenvalue weighted by Gasteiger charge is 2.14. The molecule has 4 nitrogen and oxygen atoms in total. The fourth-order valence-electron chi connectivity index (χ4n) is 1.68. The van der Waals surface area contributed by atoms with Gasteiger partial charge in [-0.2, -0.15) is 0 Å². The number of halogens is 2. The Morgan fingerprint density at radius 3 is 3.19 bits per heavy atom. The topological polar surface area (TPSA) is 47.0 Å². The van der Waals surface area contributed by atoms with Crippen LogP contribution in [0.4, 0.5) is 5.82 Å². The van der Waals surface area contributed by atoms with Crippen LogP contribution in [0.15, 0.2) is 10.8 Å². The van der Waals surface area contributed by atoms with Gasteiger partial charge in [-0.05, 0) is 34.7 Å². The van der Waals surface area contributed by atoms with E-state index in [1.807, 2.05) is 0 Å². The summed E-state index contributed by atoms with van der Waals surface area (Å²) in [5, 5.41) is 3.69. The predicted molar refractivity (Wildman–Crippen MR) is 66.8 cm³/mol. The zero-order chi connectivity index (χ0) is 11.4. The van der Waals surface area contributed by atoms with Crippen molar-refractivity contribution in [1.29, 1.82) is 0 Å². The van der Waals surface area contributed by atoms with Gasteiger partial charge in [-0.3, -0.25) is 0 Å². The summed E-state index contributed by atoms with van der Waals surface area (Å²) in [5.41, 5.74) is 0. The van der Waals surface area contributed by atoms with Crippen LogP contribution in [0.2, 0.25) is 5.15 Å². The summed E-state index contributed by atoms with van der Waals surface area (Å²) in [6, 6.07) is 0. The minimum atomic E-state index is 0.428. The van der Waals surface area contributed by atoms with E-state index in [9.17, 15) is 0 Å². The van der Waals surface area contributed by atoms with Gasteiger partial charge in [-0.25, -0.2) is 9.97 Å². The number of nitrogens with zero attached hydrogens (tertiary/aromatic N) is 2. The highest BCUT2D eigenvalue weighted by Crippen LogP contribution is 2.26. The van der Waals surface area contributed by atoms with E-state index >= 15 is 0 Å². The monoisotopic (exact) mass is 305 g/mol. The van der Waals surface area contributed by atoms with Crippen molar-refractivity contribution in [2.24, 2.45) is 5.92 Å². The maximum absolute atomic E-state index is 5.87. The van der Waals surface area contributed by atoms with Gasteiger partial charge in [-0.1, -0.05) is 11.6 Å². The third-order valence-corrected chi connectivity index (χ3v) is 3.83. The lowest BCUT2D eigenvalue weighted by Gasteiger charge is -2.22. The maximum atomic E-state index is 5.87. The molecule has 0 spiro atoms. The molecule has 1 aliphatic heterocycles. The molecule has 1 aliphatic rings. The maximum Gasteiger partial charge on any atom is 0.148 e. The van der Waals surface area contributed by atoms with Crippen molar-refractivity contribution in [2.45, 2.75) is 12.8 Å². The first-order valence-corrected chi connectivity index (χ1v) is 6.42. The Balaban J connectivity index is 1.91. The fourth-order valence-corrected chi connectivity index (χ4v) is 2.16. The average molecular weight is 307 g/mol. The van der Waals surface area contributed by atoms with Crippen LogP contribution in [0.5, 0.6) is 0 Å². The Hall–Kier alpha value is -0.390. The molecular formula is C10H13BrClN3O. The van der Waals surface area contributed by atoms with Crippen LogP contribution >= 0.6 is 27.5 Å². The van der Waals surface area contributed by atoms with Crippen molar-refractivity contribution in [3.63, 3.8) is 0 Å². The zero-order valence-electron chi connectivity index (χ0n) is 8.75. The van der Waals surface area contributed by atoms with E-state index in [1.165, 1.54) is 12.7 Å². The minimum absolute atomic E-state index is 0.428. The van der Waals surface area contributed by atoms with Crippen LogP contribution in [-0.4, -0.2) is 29.7 Å². The van der Waals surface area contributed by atoms with Gasteiger partial charge in [0.1, 0.15) is 17.3 Å². The average Bonchev–Trinajstić information content (AvgIpc) is 2.32. The largest absolute Gasteiger partial charge is 0.381 e. The normalized spacial score (nSPS) is 20.8. The first-order chi connectivity index (χ1) is 7.77. The summed E-state index contributed by atoms with van der Waals surface area (Å²) < 4.78 is 6.13. The number of anilines is 1. The molecule has 0 bridgehead atoms. The molecule has 0 aliphatic carbocycles. The molecule has 88 valence electrons. The van der Waals surface area contributed by atoms with E-state index in [0.717, 1.165) is 32.0 Å². The second-order valence-electron chi connectivity index (χ2n) is 3.79. The van der Waals surface area contributed by atoms with Crippen molar-refractivity contribution < 1.29 is 4.74 Å². The zero-order valence-corrected chi connectivity index (χ0v) is 11.1. The van der Waals surface area contributed by atoms with Gasteiger partial charge >= 0.3 is 0 Å². The summed E-state index contributed by atoms with van der Waals surface area (Å²) in [6.45, 7) is 2.56. The first-order valence-electron chi connectivity index (χ1n) is 5.25. The molecule has 1 saturated heterocycles. The molecule has 6 heteroatoms. The van der Waals surface area contributed by atoms with Crippen molar-refractivity contribution >= 4 is 33.3 Å². The standard InChI is InChI=1S/C10H13BrClN3O/c11-8-9(12)14-6-15-10(8)13-4-7-2-1-3-16-5-7/h6-7H,1-5H2,(H,13,14,15). The smallest absolute Gasteiger partial charge is 0.148 e. The Morgan fingerprint density at radius 2 is 2.44 bits per heavy atom. The SMILES string of the molecule is Clc1ncnc(NCC2CCCOC2)c1Br. The summed E-state index contributed by atoms with van der Waals surface area (Å²) in [6.07, 6.45) is 3.79. The van der Waals surface area contributed by atoms with Crippen molar-refractivity contribution in [2.75, 3.05) is 25.1 Å². The molecule has 1 atom stereocenters. The molecule has 0 radical (unpaired) electrons. The first kappa shape index (κ1) is 12.1. The molecule has 1 aromatic rings. The van der Waals surface area contributed by atoms with Gasteiger partial charge in [0.25, 0.3) is 0 Å². The minimum Gasteiger partial charge on any atom is -0.381 e. The highest BCUT2D eigenvalue weighted by molar-refractivity contribution is 9.10. The molecule has 2 heterocycles. The molecule has 0 aromatic carbocycles. The second kappa shape index (κ2) is 5.80. The number of hydrogen-bond acceptors (Lipinski definition) is 4. The summed E-state index contributed by atoms with van der Waals surface area (Å²) >= 11 is 9.23. The quantitative estimate of drug-likeness (QED) is 0.872. The molecule has 1 fully saturated rings. The molecule has 0 saturated carbocycles. The lowest BCUT2D eigenvalue weighted by atomic mass is 10.0. The van der Waals surface area contributed by atoms with Crippen LogP contribution in [-0.2, 0) is 4.74 Å². The lowest BCUT2D eigenvalue weighted by Crippen LogP contribution is -2.24. The number of aromatic nitrogens is 2. The summed E-state index contributed by atoms with van der Waals surface area (Å²) in [4.78, 5) is 8.01. The van der Waals surface area contributed by atoms with E-state index < -0.39 is 0 Å². The third kappa shape index (κ3) is 3.06. The molecular weight excluding hydrogens is 293 g/mol. The lowest BCUT2D eigenvalue weighted by molar-refractivity contribution is 0.0595. The van der Waals surface area contributed by atoms with E-state index in [0.29, 0.717) is 15.5 Å². The van der Waals surface area contributed by atoms with Gasteiger partial charge in [0, 0.05) is 13.2 Å². The second-order valence-corrected chi connectivity index (χ2v) is 4.94. The molecule has 16 heavy (non-hydrogen) atoms. The Bertz CT molecular complexity index is 358. The molecule has 1 N–H and O–H groups in total. The molecule has 1 aromatic heterocycles. The van der Waals surface area contributed by atoms with Gasteiger partial charge in [0.15, 0.2) is 0 Å². The van der Waals surface area contributed by atoms with Crippen molar-refractivity contribution in [3.8, 4) is 0 Å². The van der Waals surface area contributed by atoms with E-state index in [2.05, 4.69) is 31.2 Å². The third-order valence-electron chi connectivity index (χ3n) is 2.56. The van der Waals surface area contributed by atoms with Gasteiger partial charge in [-0.15, -0.1) is 0 Å². The fraction of sp³-hybridized carbons (Fsp3) is 0.600. The van der Waals surface area contributed by atoms with E-state index in [1.54, 1.807) is 0 Å². The van der Waals surface area contributed by atoms with Crippen LogP contribution in [0.1, 0.15) is 12.8 Å². The van der Waals surface area contributed by atoms with Crippen molar-refractivity contribution in [1.82, 2.24) is 9.97 Å². The molecule has 2 rings (SSSR count). The van der Waals surface area contributed by atoms with Crippen LogP contribution in [0, 0.1) is 5.92 Å². The number of hydrogen-bond donors (Lipinski definition) is 1. The van der Waals surface area contributed by atoms with E-state index in [-0.39, 0.29) is 0 Å². The summed E-state index contributed by atoms with van der Waals surface area (Å²) in [7, 11) is 0. The van der Waals surface area contributed by atoms with Gasteiger partial charge < -0.3 is 10.1 Å². The van der Waals surface area contributed by atoms with Gasteiger partial charge in [0.2, 0.25) is 0 Å². The van der Waals surface area contributed by atoms with Crippen LogP contribution in [0.25, 0.3) is 0 Å². The highest BCUT2D eigenvalue weighted by atomic mass is 79.9. The van der Waals surface area contributed by atoms with Crippen molar-refractivity contribution in [3.05, 3.63) is 16.0 Å².